The molecule has 0 heterocycles. The molecule has 3 nitrogen and oxygen atoms in total. The van der Waals surface area contributed by atoms with E-state index in [4.69, 9.17) is 0 Å². The lowest BCUT2D eigenvalue weighted by molar-refractivity contribution is 0.874. The van der Waals surface area contributed by atoms with Gasteiger partial charge >= 0.3 is 0 Å². The van der Waals surface area contributed by atoms with Crippen LogP contribution in [0.3, 0.4) is 0 Å². The second kappa shape index (κ2) is 12.4. The van der Waals surface area contributed by atoms with E-state index >= 15 is 0 Å². The Balaban J connectivity index is 1.63. The van der Waals surface area contributed by atoms with Crippen LogP contribution in [0, 0.1) is 25.2 Å². The van der Waals surface area contributed by atoms with E-state index in [0.717, 1.165) is 23.6 Å². The fourth-order valence-corrected chi connectivity index (χ4v) is 7.62. The predicted molar refractivity (Wildman–Crippen MR) is 206 cm³/mol. The highest BCUT2D eigenvalue weighted by Crippen LogP contribution is 2.50. The summed E-state index contributed by atoms with van der Waals surface area (Å²) < 4.78 is 0. The molecule has 238 valence electrons. The lowest BCUT2D eigenvalue weighted by Gasteiger charge is -2.32. The fraction of sp³-hybridized carbons (Fsp3) is 0.222. The number of nitrogens with zero attached hydrogens (tertiary/aromatic N) is 3. The Labute approximate surface area is 285 Å². The van der Waals surface area contributed by atoms with Crippen molar-refractivity contribution in [1.82, 2.24) is 0 Å². The highest BCUT2D eigenvalue weighted by atomic mass is 15.1. The Hall–Kier alpha value is -5.33. The Morgan fingerprint density at radius 1 is 0.562 bits per heavy atom. The zero-order valence-corrected chi connectivity index (χ0v) is 29.1. The van der Waals surface area contributed by atoms with E-state index in [2.05, 4.69) is 161 Å². The topological polar surface area (TPSA) is 30.3 Å². The van der Waals surface area contributed by atoms with Crippen molar-refractivity contribution in [3.8, 4) is 6.07 Å². The molecule has 0 aliphatic carbocycles. The minimum Gasteiger partial charge on any atom is -0.341 e. The lowest BCUT2D eigenvalue weighted by atomic mass is 9.84. The van der Waals surface area contributed by atoms with Gasteiger partial charge in [0.25, 0.3) is 0 Å². The Bertz CT molecular complexity index is 2320. The molecule has 7 aromatic carbocycles. The van der Waals surface area contributed by atoms with Crippen LogP contribution in [0.1, 0.15) is 74.3 Å². The summed E-state index contributed by atoms with van der Waals surface area (Å²) >= 11 is 0. The van der Waals surface area contributed by atoms with Gasteiger partial charge < -0.3 is 9.80 Å². The molecule has 0 radical (unpaired) electrons. The molecular weight excluding hydrogens is 583 g/mol. The summed E-state index contributed by atoms with van der Waals surface area (Å²) in [6.07, 6.45) is 0. The summed E-state index contributed by atoms with van der Waals surface area (Å²) in [4.78, 5) is 4.89. The first-order valence-corrected chi connectivity index (χ1v) is 17.2. The average Bonchev–Trinajstić information content (AvgIpc) is 3.09. The Kier molecular flexibility index (Phi) is 8.06. The molecule has 0 fully saturated rings. The van der Waals surface area contributed by atoms with Gasteiger partial charge in [-0.05, 0) is 125 Å². The van der Waals surface area contributed by atoms with Crippen LogP contribution in [-0.4, -0.2) is 6.54 Å². The van der Waals surface area contributed by atoms with Crippen molar-refractivity contribution in [2.24, 2.45) is 0 Å². The van der Waals surface area contributed by atoms with E-state index in [-0.39, 0.29) is 0 Å². The van der Waals surface area contributed by atoms with Gasteiger partial charge in [-0.2, -0.15) is 5.26 Å². The van der Waals surface area contributed by atoms with Crippen LogP contribution in [0.5, 0.6) is 0 Å². The first-order valence-electron chi connectivity index (χ1n) is 17.2. The van der Waals surface area contributed by atoms with E-state index in [9.17, 15) is 5.26 Å². The van der Waals surface area contributed by atoms with Crippen LogP contribution < -0.4 is 9.80 Å². The molecule has 0 aliphatic rings. The van der Waals surface area contributed by atoms with Crippen molar-refractivity contribution in [2.75, 3.05) is 16.3 Å². The van der Waals surface area contributed by atoms with E-state index in [1.54, 1.807) is 0 Å². The molecule has 0 bridgehead atoms. The largest absolute Gasteiger partial charge is 0.341 e. The second-order valence-corrected chi connectivity index (χ2v) is 13.7. The quantitative estimate of drug-likeness (QED) is 0.157. The minimum atomic E-state index is 0.316. The molecule has 0 aliphatic heterocycles. The van der Waals surface area contributed by atoms with Crippen LogP contribution >= 0.6 is 0 Å². The van der Waals surface area contributed by atoms with Gasteiger partial charge in [-0.3, -0.25) is 0 Å². The summed E-state index contributed by atoms with van der Waals surface area (Å²) in [5.74, 6) is 0.672. The molecule has 0 saturated carbocycles. The fourth-order valence-electron chi connectivity index (χ4n) is 7.62. The van der Waals surface area contributed by atoms with Gasteiger partial charge in [-0.15, -0.1) is 0 Å². The van der Waals surface area contributed by atoms with E-state index in [1.165, 1.54) is 65.9 Å². The summed E-state index contributed by atoms with van der Waals surface area (Å²) in [5.41, 5.74) is 11.7. The molecule has 48 heavy (non-hydrogen) atoms. The second-order valence-electron chi connectivity index (χ2n) is 13.7. The van der Waals surface area contributed by atoms with E-state index in [1.807, 2.05) is 12.1 Å². The van der Waals surface area contributed by atoms with Crippen molar-refractivity contribution < 1.29 is 0 Å². The smallest absolute Gasteiger partial charge is 0.0991 e. The molecule has 7 aromatic rings. The molecule has 0 amide bonds. The monoisotopic (exact) mass is 625 g/mol. The zero-order chi connectivity index (χ0) is 33.7. The van der Waals surface area contributed by atoms with Gasteiger partial charge in [0.05, 0.1) is 17.3 Å². The number of benzene rings is 7. The van der Waals surface area contributed by atoms with Crippen LogP contribution in [0.4, 0.5) is 28.4 Å². The molecule has 0 spiro atoms. The van der Waals surface area contributed by atoms with Crippen molar-refractivity contribution >= 4 is 60.8 Å². The lowest BCUT2D eigenvalue weighted by Crippen LogP contribution is -2.18. The van der Waals surface area contributed by atoms with E-state index in [0.29, 0.717) is 17.4 Å². The Morgan fingerprint density at radius 3 is 1.54 bits per heavy atom. The molecule has 0 saturated heterocycles. The first-order chi connectivity index (χ1) is 23.2. The number of nitriles is 1. The standard InChI is InChI=1S/C45H43N3/c1-8-47(40-15-11-9-13-30(40)6)42-25-38(28(2)3)34-22-24-37-43(26-39(29(4)5)35-21-23-36(42)44(34)45(35)37)48(41-16-12-10-14-31(41)7)33-19-17-32(27-46)18-20-33/h9-26,28-29H,8H2,1-7H3. The van der Waals surface area contributed by atoms with Crippen molar-refractivity contribution in [3.63, 3.8) is 0 Å². The molecule has 0 atom stereocenters. The number of para-hydroxylation sites is 2. The highest BCUT2D eigenvalue weighted by Gasteiger charge is 2.25. The van der Waals surface area contributed by atoms with Crippen LogP contribution in [0.2, 0.25) is 0 Å². The number of hydrogen-bond donors (Lipinski definition) is 0. The van der Waals surface area contributed by atoms with Gasteiger partial charge in [-0.25, -0.2) is 0 Å². The minimum absolute atomic E-state index is 0.316. The van der Waals surface area contributed by atoms with Gasteiger partial charge in [0.2, 0.25) is 0 Å². The molecule has 3 heteroatoms. The van der Waals surface area contributed by atoms with Crippen LogP contribution in [0.25, 0.3) is 32.3 Å². The van der Waals surface area contributed by atoms with Gasteiger partial charge in [0.15, 0.2) is 0 Å². The highest BCUT2D eigenvalue weighted by molar-refractivity contribution is 6.29. The molecule has 0 aromatic heterocycles. The average molecular weight is 626 g/mol. The maximum Gasteiger partial charge on any atom is 0.0991 e. The predicted octanol–water partition coefficient (Wildman–Crippen LogP) is 12.9. The Morgan fingerprint density at radius 2 is 1.04 bits per heavy atom. The maximum atomic E-state index is 9.60. The third-order valence-corrected chi connectivity index (χ3v) is 10.0. The SMILES string of the molecule is CCN(c1ccccc1C)c1cc(C(C)C)c2ccc3c(N(c4ccc(C#N)cc4)c4ccccc4C)cc(C(C)C)c4ccc1c2c43. The van der Waals surface area contributed by atoms with Crippen LogP contribution in [-0.2, 0) is 0 Å². The van der Waals surface area contributed by atoms with Crippen molar-refractivity contribution in [3.05, 3.63) is 137 Å². The third kappa shape index (κ3) is 5.04. The van der Waals surface area contributed by atoms with E-state index < -0.39 is 0 Å². The summed E-state index contributed by atoms with van der Waals surface area (Å²) in [7, 11) is 0. The van der Waals surface area contributed by atoms with Crippen LogP contribution in [0.15, 0.2) is 109 Å². The molecule has 0 unspecified atom stereocenters. The summed E-state index contributed by atoms with van der Waals surface area (Å²) in [6, 6.07) is 41.9. The molecular formula is C45H43N3. The number of rotatable bonds is 8. The summed E-state index contributed by atoms with van der Waals surface area (Å²) in [5, 5.41) is 17.4. The van der Waals surface area contributed by atoms with Gasteiger partial charge in [0, 0.05) is 40.1 Å². The first kappa shape index (κ1) is 31.3. The molecule has 0 N–H and O–H groups in total. The van der Waals surface area contributed by atoms with Gasteiger partial charge in [-0.1, -0.05) is 88.4 Å². The zero-order valence-electron chi connectivity index (χ0n) is 29.1. The third-order valence-electron chi connectivity index (χ3n) is 10.0. The van der Waals surface area contributed by atoms with Gasteiger partial charge in [0.1, 0.15) is 0 Å². The normalized spacial score (nSPS) is 11.7. The molecule has 7 rings (SSSR count). The van der Waals surface area contributed by atoms with Crippen molar-refractivity contribution in [1.29, 1.82) is 5.26 Å². The summed E-state index contributed by atoms with van der Waals surface area (Å²) in [6.45, 7) is 16.8. The number of aryl methyl sites for hydroxylation is 2. The number of anilines is 5. The maximum absolute atomic E-state index is 9.60. The van der Waals surface area contributed by atoms with Crippen molar-refractivity contribution in [2.45, 2.75) is 60.3 Å². The number of hydrogen-bond acceptors (Lipinski definition) is 3.